The number of rotatable bonds is 4. The van der Waals surface area contributed by atoms with E-state index in [0.717, 1.165) is 30.8 Å². The largest absolute Gasteiger partial charge is 0.302 e. The Labute approximate surface area is 110 Å². The first kappa shape index (κ1) is 13.3. The quantitative estimate of drug-likeness (QED) is 0.759. The Hall–Kier alpha value is -1.15. The normalized spacial score (nSPS) is 19.1. The molecular weight excluding hydrogens is 222 g/mol. The zero-order valence-corrected chi connectivity index (χ0v) is 11.7. The van der Waals surface area contributed by atoms with Crippen LogP contribution in [0.3, 0.4) is 0 Å². The summed E-state index contributed by atoms with van der Waals surface area (Å²) in [4.78, 5) is 14.6. The maximum absolute atomic E-state index is 12.2. The molecule has 1 aromatic carbocycles. The number of carbonyl (C=O) groups excluding carboxylic acids is 1. The number of hydrogen-bond donors (Lipinski definition) is 0. The first-order valence-corrected chi connectivity index (χ1v) is 6.79. The summed E-state index contributed by atoms with van der Waals surface area (Å²) in [6.45, 7) is 9.76. The van der Waals surface area contributed by atoms with Crippen LogP contribution in [0.25, 0.3) is 0 Å². The minimum absolute atomic E-state index is 0.276. The zero-order valence-electron chi connectivity index (χ0n) is 11.7. The molecule has 0 aromatic heterocycles. The monoisotopic (exact) mass is 245 g/mol. The summed E-state index contributed by atoms with van der Waals surface area (Å²) < 4.78 is 0. The van der Waals surface area contributed by atoms with E-state index in [1.807, 2.05) is 31.2 Å². The van der Waals surface area contributed by atoms with Gasteiger partial charge in [-0.15, -0.1) is 0 Å². The molecular formula is C16H23NO. The van der Waals surface area contributed by atoms with Crippen LogP contribution in [0.5, 0.6) is 0 Å². The Balaban J connectivity index is 1.88. The van der Waals surface area contributed by atoms with Crippen molar-refractivity contribution in [3.8, 4) is 0 Å². The van der Waals surface area contributed by atoms with Gasteiger partial charge in [0.15, 0.2) is 5.78 Å². The van der Waals surface area contributed by atoms with Gasteiger partial charge in [-0.05, 0) is 30.9 Å². The molecule has 0 bridgehead atoms. The van der Waals surface area contributed by atoms with Crippen molar-refractivity contribution in [1.29, 1.82) is 0 Å². The molecule has 0 atom stereocenters. The van der Waals surface area contributed by atoms with E-state index in [1.54, 1.807) is 0 Å². The molecule has 1 saturated heterocycles. The topological polar surface area (TPSA) is 20.3 Å². The fourth-order valence-electron chi connectivity index (χ4n) is 2.70. The Morgan fingerprint density at radius 1 is 1.33 bits per heavy atom. The maximum Gasteiger partial charge on any atom is 0.164 e. The molecule has 18 heavy (non-hydrogen) atoms. The van der Waals surface area contributed by atoms with Crippen LogP contribution in [0.15, 0.2) is 24.3 Å². The summed E-state index contributed by atoms with van der Waals surface area (Å²) in [6.07, 6.45) is 1.88. The van der Waals surface area contributed by atoms with Gasteiger partial charge in [0.05, 0.1) is 0 Å². The minimum atomic E-state index is 0.276. The molecule has 98 valence electrons. The van der Waals surface area contributed by atoms with Gasteiger partial charge < -0.3 is 4.90 Å². The molecule has 0 unspecified atom stereocenters. The van der Waals surface area contributed by atoms with E-state index in [1.165, 1.54) is 6.42 Å². The lowest BCUT2D eigenvalue weighted by molar-refractivity contribution is 0.0966. The van der Waals surface area contributed by atoms with Gasteiger partial charge in [-0.25, -0.2) is 0 Å². The molecule has 2 rings (SSSR count). The average molecular weight is 245 g/mol. The van der Waals surface area contributed by atoms with Crippen LogP contribution < -0.4 is 0 Å². The van der Waals surface area contributed by atoms with Crippen molar-refractivity contribution in [3.63, 3.8) is 0 Å². The van der Waals surface area contributed by atoms with E-state index in [2.05, 4.69) is 18.7 Å². The van der Waals surface area contributed by atoms with Crippen LogP contribution in [-0.4, -0.2) is 30.3 Å². The molecule has 0 N–H and O–H groups in total. The van der Waals surface area contributed by atoms with Crippen LogP contribution in [0, 0.1) is 12.3 Å². The number of ketones is 1. The number of aryl methyl sites for hydroxylation is 1. The Bertz CT molecular complexity index is 436. The van der Waals surface area contributed by atoms with Crippen molar-refractivity contribution in [3.05, 3.63) is 35.4 Å². The number of nitrogens with zero attached hydrogens (tertiary/aromatic N) is 1. The van der Waals surface area contributed by atoms with Gasteiger partial charge >= 0.3 is 0 Å². The first-order valence-electron chi connectivity index (χ1n) is 6.79. The third-order valence-corrected chi connectivity index (χ3v) is 3.86. The third-order valence-electron chi connectivity index (χ3n) is 3.86. The van der Waals surface area contributed by atoms with Crippen LogP contribution in [-0.2, 0) is 0 Å². The molecule has 1 heterocycles. The van der Waals surface area contributed by atoms with Gasteiger partial charge in [0.1, 0.15) is 0 Å². The lowest BCUT2D eigenvalue weighted by Crippen LogP contribution is -2.26. The highest BCUT2D eigenvalue weighted by Gasteiger charge is 2.28. The summed E-state index contributed by atoms with van der Waals surface area (Å²) in [7, 11) is 0. The Morgan fingerprint density at radius 2 is 2.06 bits per heavy atom. The van der Waals surface area contributed by atoms with E-state index in [9.17, 15) is 4.79 Å². The molecule has 0 spiro atoms. The maximum atomic E-state index is 12.2. The number of benzene rings is 1. The van der Waals surface area contributed by atoms with Crippen LogP contribution in [0.2, 0.25) is 0 Å². The highest BCUT2D eigenvalue weighted by molar-refractivity contribution is 5.97. The molecule has 0 amide bonds. The summed E-state index contributed by atoms with van der Waals surface area (Å²) in [5.74, 6) is 0.276. The Kier molecular flexibility index (Phi) is 3.86. The number of hydrogen-bond acceptors (Lipinski definition) is 2. The van der Waals surface area contributed by atoms with Crippen molar-refractivity contribution in [2.45, 2.75) is 33.6 Å². The second-order valence-corrected chi connectivity index (χ2v) is 6.18. The van der Waals surface area contributed by atoms with Gasteiger partial charge in [0, 0.05) is 25.1 Å². The van der Waals surface area contributed by atoms with E-state index < -0.39 is 0 Å². The number of carbonyl (C=O) groups is 1. The number of Topliss-reactive ketones (excluding diaryl/α,β-unsaturated/α-hetero) is 1. The average Bonchev–Trinajstić information content (AvgIpc) is 2.66. The van der Waals surface area contributed by atoms with Gasteiger partial charge in [-0.1, -0.05) is 38.1 Å². The van der Waals surface area contributed by atoms with Crippen LogP contribution in [0.4, 0.5) is 0 Å². The first-order chi connectivity index (χ1) is 8.48. The summed E-state index contributed by atoms with van der Waals surface area (Å²) in [5.41, 5.74) is 2.39. The minimum Gasteiger partial charge on any atom is -0.302 e. The molecule has 1 aromatic rings. The lowest BCUT2D eigenvalue weighted by atomic mass is 9.93. The number of likely N-dealkylation sites (tertiary alicyclic amines) is 1. The van der Waals surface area contributed by atoms with E-state index in [-0.39, 0.29) is 5.78 Å². The van der Waals surface area contributed by atoms with E-state index in [0.29, 0.717) is 11.8 Å². The summed E-state index contributed by atoms with van der Waals surface area (Å²) in [6, 6.07) is 7.87. The van der Waals surface area contributed by atoms with Gasteiger partial charge in [-0.2, -0.15) is 0 Å². The second-order valence-electron chi connectivity index (χ2n) is 6.18. The van der Waals surface area contributed by atoms with Crippen molar-refractivity contribution < 1.29 is 4.79 Å². The Morgan fingerprint density at radius 3 is 2.67 bits per heavy atom. The molecule has 2 heteroatoms. The van der Waals surface area contributed by atoms with Crippen molar-refractivity contribution in [1.82, 2.24) is 4.90 Å². The van der Waals surface area contributed by atoms with Gasteiger partial charge in [0.2, 0.25) is 0 Å². The van der Waals surface area contributed by atoms with E-state index >= 15 is 0 Å². The molecule has 0 saturated carbocycles. The van der Waals surface area contributed by atoms with Gasteiger partial charge in [0.25, 0.3) is 0 Å². The second kappa shape index (κ2) is 5.23. The standard InChI is InChI=1S/C16H23NO/c1-13-6-4-5-7-14(13)15(18)8-10-17-11-9-16(2,3)12-17/h4-7H,8-12H2,1-3H3. The molecule has 0 aliphatic carbocycles. The fraction of sp³-hybridized carbons (Fsp3) is 0.562. The fourth-order valence-corrected chi connectivity index (χ4v) is 2.70. The van der Waals surface area contributed by atoms with Gasteiger partial charge in [-0.3, -0.25) is 4.79 Å². The zero-order chi connectivity index (χ0) is 13.2. The van der Waals surface area contributed by atoms with Crippen LogP contribution >= 0.6 is 0 Å². The molecule has 1 aliphatic rings. The van der Waals surface area contributed by atoms with Crippen molar-refractivity contribution >= 4 is 5.78 Å². The molecule has 0 radical (unpaired) electrons. The predicted molar refractivity (Wildman–Crippen MR) is 75.0 cm³/mol. The van der Waals surface area contributed by atoms with E-state index in [4.69, 9.17) is 0 Å². The molecule has 1 fully saturated rings. The van der Waals surface area contributed by atoms with Crippen molar-refractivity contribution in [2.24, 2.45) is 5.41 Å². The predicted octanol–water partition coefficient (Wildman–Crippen LogP) is 3.30. The third kappa shape index (κ3) is 3.20. The van der Waals surface area contributed by atoms with Crippen molar-refractivity contribution in [2.75, 3.05) is 19.6 Å². The summed E-state index contributed by atoms with van der Waals surface area (Å²) >= 11 is 0. The van der Waals surface area contributed by atoms with Crippen LogP contribution in [0.1, 0.15) is 42.6 Å². The highest BCUT2D eigenvalue weighted by Crippen LogP contribution is 2.28. The molecule has 2 nitrogen and oxygen atoms in total. The highest BCUT2D eigenvalue weighted by atomic mass is 16.1. The smallest absolute Gasteiger partial charge is 0.164 e. The molecule has 1 aliphatic heterocycles. The lowest BCUT2D eigenvalue weighted by Gasteiger charge is -2.19. The summed E-state index contributed by atoms with van der Waals surface area (Å²) in [5, 5.41) is 0. The SMILES string of the molecule is Cc1ccccc1C(=O)CCN1CCC(C)(C)C1.